The van der Waals surface area contributed by atoms with Gasteiger partial charge in [0.05, 0.1) is 5.41 Å². The van der Waals surface area contributed by atoms with Crippen LogP contribution in [0.5, 0.6) is 0 Å². The van der Waals surface area contributed by atoms with Crippen molar-refractivity contribution in [3.05, 3.63) is 34.3 Å². The van der Waals surface area contributed by atoms with Gasteiger partial charge < -0.3 is 9.80 Å². The van der Waals surface area contributed by atoms with Crippen LogP contribution in [0.15, 0.2) is 28.7 Å². The molecule has 0 N–H and O–H groups in total. The zero-order valence-corrected chi connectivity index (χ0v) is 16.1. The molecule has 3 aliphatic rings. The first-order chi connectivity index (χ1) is 12.1. The highest BCUT2D eigenvalue weighted by Gasteiger charge is 2.45. The molecule has 134 valence electrons. The Labute approximate surface area is 157 Å². The van der Waals surface area contributed by atoms with Crippen molar-refractivity contribution in [2.24, 2.45) is 5.92 Å². The molecule has 3 fully saturated rings. The van der Waals surface area contributed by atoms with E-state index in [1.165, 1.54) is 0 Å². The van der Waals surface area contributed by atoms with Gasteiger partial charge in [-0.05, 0) is 43.4 Å². The molecule has 4 rings (SSSR count). The summed E-state index contributed by atoms with van der Waals surface area (Å²) in [6, 6.07) is 8.27. The second-order valence-electron chi connectivity index (χ2n) is 7.69. The quantitative estimate of drug-likeness (QED) is 0.774. The van der Waals surface area contributed by atoms with Crippen LogP contribution in [0.1, 0.15) is 44.1 Å². The van der Waals surface area contributed by atoms with Crippen LogP contribution in [-0.4, -0.2) is 47.8 Å². The molecular formula is C20H25BrN2O2. The Balaban J connectivity index is 1.48. The molecule has 0 aromatic heterocycles. The summed E-state index contributed by atoms with van der Waals surface area (Å²) in [7, 11) is 0. The van der Waals surface area contributed by atoms with Gasteiger partial charge in [0, 0.05) is 36.6 Å². The van der Waals surface area contributed by atoms with Crippen LogP contribution < -0.4 is 0 Å². The number of carbonyl (C=O) groups excluding carboxylic acids is 2. The van der Waals surface area contributed by atoms with E-state index in [4.69, 9.17) is 0 Å². The number of halogens is 1. The van der Waals surface area contributed by atoms with Crippen LogP contribution in [0.25, 0.3) is 0 Å². The smallest absolute Gasteiger partial charge is 0.233 e. The Morgan fingerprint density at radius 1 is 0.920 bits per heavy atom. The van der Waals surface area contributed by atoms with Gasteiger partial charge in [-0.25, -0.2) is 0 Å². The van der Waals surface area contributed by atoms with Gasteiger partial charge in [-0.1, -0.05) is 40.9 Å². The third-order valence-corrected chi connectivity index (χ3v) is 6.60. The lowest BCUT2D eigenvalue weighted by Gasteiger charge is -2.40. The summed E-state index contributed by atoms with van der Waals surface area (Å²) in [5, 5.41) is 0. The summed E-state index contributed by atoms with van der Waals surface area (Å²) in [5.74, 6) is 0.840. The lowest BCUT2D eigenvalue weighted by atomic mass is 9.77. The molecule has 0 unspecified atom stereocenters. The van der Waals surface area contributed by atoms with Crippen LogP contribution in [0.2, 0.25) is 0 Å². The van der Waals surface area contributed by atoms with Gasteiger partial charge in [-0.2, -0.15) is 0 Å². The van der Waals surface area contributed by atoms with Gasteiger partial charge in [0.25, 0.3) is 0 Å². The van der Waals surface area contributed by atoms with E-state index in [-0.39, 0.29) is 17.2 Å². The van der Waals surface area contributed by atoms with E-state index in [9.17, 15) is 9.59 Å². The minimum atomic E-state index is -0.358. The fourth-order valence-electron chi connectivity index (χ4n) is 4.39. The average molecular weight is 405 g/mol. The zero-order valence-electron chi connectivity index (χ0n) is 14.5. The Morgan fingerprint density at radius 2 is 1.48 bits per heavy atom. The topological polar surface area (TPSA) is 40.6 Å². The number of piperazine rings is 1. The highest BCUT2D eigenvalue weighted by molar-refractivity contribution is 9.10. The molecule has 1 aliphatic heterocycles. The van der Waals surface area contributed by atoms with Gasteiger partial charge in [0.2, 0.25) is 11.8 Å². The van der Waals surface area contributed by atoms with E-state index in [1.54, 1.807) is 0 Å². The third-order valence-electron chi connectivity index (χ3n) is 6.07. The van der Waals surface area contributed by atoms with Crippen LogP contribution >= 0.6 is 15.9 Å². The molecular weight excluding hydrogens is 380 g/mol. The zero-order chi connectivity index (χ0) is 17.4. The molecule has 1 aromatic carbocycles. The number of carbonyl (C=O) groups is 2. The Morgan fingerprint density at radius 3 is 2.04 bits per heavy atom. The number of hydrogen-bond acceptors (Lipinski definition) is 2. The first-order valence-electron chi connectivity index (χ1n) is 9.44. The highest BCUT2D eigenvalue weighted by atomic mass is 79.9. The van der Waals surface area contributed by atoms with Crippen molar-refractivity contribution in [1.29, 1.82) is 0 Å². The molecule has 1 aromatic rings. The van der Waals surface area contributed by atoms with Crippen molar-refractivity contribution in [1.82, 2.24) is 9.80 Å². The van der Waals surface area contributed by atoms with E-state index in [0.717, 1.165) is 48.6 Å². The number of rotatable bonds is 3. The monoisotopic (exact) mass is 404 g/mol. The number of hydrogen-bond donors (Lipinski definition) is 0. The highest BCUT2D eigenvalue weighted by Crippen LogP contribution is 2.43. The van der Waals surface area contributed by atoms with Gasteiger partial charge >= 0.3 is 0 Å². The molecule has 4 nitrogen and oxygen atoms in total. The Kier molecular flexibility index (Phi) is 4.61. The molecule has 2 saturated carbocycles. The molecule has 0 atom stereocenters. The predicted molar refractivity (Wildman–Crippen MR) is 100 cm³/mol. The van der Waals surface area contributed by atoms with Gasteiger partial charge in [-0.3, -0.25) is 9.59 Å². The fraction of sp³-hybridized carbons (Fsp3) is 0.600. The first kappa shape index (κ1) is 17.1. The minimum absolute atomic E-state index is 0.269. The van der Waals surface area contributed by atoms with Crippen molar-refractivity contribution >= 4 is 27.7 Å². The number of amides is 2. The maximum atomic E-state index is 13.4. The Hall–Kier alpha value is -1.36. The SMILES string of the molecule is O=C(C1CC1)N1CCN(C(=O)C2(c3ccc(Br)cc3)CCCC2)CC1. The molecule has 0 radical (unpaired) electrons. The van der Waals surface area contributed by atoms with Crippen molar-refractivity contribution in [3.8, 4) is 0 Å². The maximum absolute atomic E-state index is 13.4. The van der Waals surface area contributed by atoms with Crippen LogP contribution in [0, 0.1) is 5.92 Å². The van der Waals surface area contributed by atoms with E-state index in [1.807, 2.05) is 21.9 Å². The standard InChI is InChI=1S/C20H25BrN2O2/c21-17-7-5-16(6-8-17)20(9-1-2-10-20)19(25)23-13-11-22(12-14-23)18(24)15-3-4-15/h5-8,15H,1-4,9-14H2. The normalized spacial score (nSPS) is 22.9. The van der Waals surface area contributed by atoms with E-state index in [2.05, 4.69) is 28.1 Å². The predicted octanol–water partition coefficient (Wildman–Crippen LogP) is 3.34. The Bertz CT molecular complexity index is 655. The molecule has 2 amide bonds. The van der Waals surface area contributed by atoms with Crippen molar-refractivity contribution < 1.29 is 9.59 Å². The van der Waals surface area contributed by atoms with Crippen LogP contribution in [-0.2, 0) is 15.0 Å². The lowest BCUT2D eigenvalue weighted by Crippen LogP contribution is -2.55. The van der Waals surface area contributed by atoms with Crippen molar-refractivity contribution in [2.75, 3.05) is 26.2 Å². The summed E-state index contributed by atoms with van der Waals surface area (Å²) in [6.45, 7) is 2.74. The van der Waals surface area contributed by atoms with E-state index >= 15 is 0 Å². The van der Waals surface area contributed by atoms with Gasteiger partial charge in [-0.15, -0.1) is 0 Å². The lowest BCUT2D eigenvalue weighted by molar-refractivity contribution is -0.143. The second-order valence-corrected chi connectivity index (χ2v) is 8.60. The minimum Gasteiger partial charge on any atom is -0.339 e. The molecule has 1 saturated heterocycles. The number of benzene rings is 1. The molecule has 1 heterocycles. The maximum Gasteiger partial charge on any atom is 0.233 e. The summed E-state index contributed by atoms with van der Waals surface area (Å²) in [4.78, 5) is 29.6. The summed E-state index contributed by atoms with van der Waals surface area (Å²) >= 11 is 3.49. The largest absolute Gasteiger partial charge is 0.339 e. The van der Waals surface area contributed by atoms with Crippen LogP contribution in [0.4, 0.5) is 0 Å². The third kappa shape index (κ3) is 3.23. The first-order valence-corrected chi connectivity index (χ1v) is 10.2. The van der Waals surface area contributed by atoms with Gasteiger partial charge in [0.15, 0.2) is 0 Å². The summed E-state index contributed by atoms with van der Waals surface area (Å²) < 4.78 is 1.05. The summed E-state index contributed by atoms with van der Waals surface area (Å²) in [5.41, 5.74) is 0.790. The molecule has 5 heteroatoms. The number of nitrogens with zero attached hydrogens (tertiary/aromatic N) is 2. The molecule has 25 heavy (non-hydrogen) atoms. The van der Waals surface area contributed by atoms with Gasteiger partial charge in [0.1, 0.15) is 0 Å². The average Bonchev–Trinajstić information content (AvgIpc) is 3.38. The van der Waals surface area contributed by atoms with Crippen molar-refractivity contribution in [2.45, 2.75) is 43.9 Å². The fourth-order valence-corrected chi connectivity index (χ4v) is 4.66. The van der Waals surface area contributed by atoms with E-state index < -0.39 is 0 Å². The molecule has 0 spiro atoms. The second kappa shape index (κ2) is 6.75. The van der Waals surface area contributed by atoms with Crippen molar-refractivity contribution in [3.63, 3.8) is 0 Å². The molecule has 2 aliphatic carbocycles. The van der Waals surface area contributed by atoms with E-state index in [0.29, 0.717) is 32.1 Å². The molecule has 0 bridgehead atoms. The van der Waals surface area contributed by atoms with Crippen LogP contribution in [0.3, 0.4) is 0 Å². The summed E-state index contributed by atoms with van der Waals surface area (Å²) in [6.07, 6.45) is 6.20.